The van der Waals surface area contributed by atoms with Crippen LogP contribution in [-0.2, 0) is 23.8 Å². The molecule has 0 aromatic heterocycles. The van der Waals surface area contributed by atoms with Gasteiger partial charge in [-0.3, -0.25) is 9.59 Å². The molecule has 1 saturated heterocycles. The average molecular weight is 375 g/mol. The van der Waals surface area contributed by atoms with Crippen LogP contribution in [0.5, 0.6) is 0 Å². The number of hydrogen-bond acceptors (Lipinski definition) is 6. The number of hydrogen-bond donors (Lipinski definition) is 1. The van der Waals surface area contributed by atoms with E-state index in [0.717, 1.165) is 6.92 Å². The smallest absolute Gasteiger partial charge is 0.450 e. The topological polar surface area (TPSA) is 90.9 Å². The van der Waals surface area contributed by atoms with Crippen molar-refractivity contribution in [3.8, 4) is 0 Å². The molecule has 1 aromatic rings. The van der Waals surface area contributed by atoms with Crippen LogP contribution in [-0.4, -0.2) is 49.1 Å². The molecule has 0 aliphatic carbocycles. The van der Waals surface area contributed by atoms with Gasteiger partial charge in [0, 0.05) is 6.92 Å². The van der Waals surface area contributed by atoms with E-state index >= 15 is 0 Å². The van der Waals surface area contributed by atoms with E-state index in [1.807, 2.05) is 0 Å². The molecule has 0 radical (unpaired) electrons. The van der Waals surface area contributed by atoms with Gasteiger partial charge < -0.3 is 19.5 Å². The summed E-state index contributed by atoms with van der Waals surface area (Å²) in [7, 11) is 0. The van der Waals surface area contributed by atoms with Crippen molar-refractivity contribution >= 4 is 17.8 Å². The molecule has 26 heavy (non-hydrogen) atoms. The van der Waals surface area contributed by atoms with Crippen LogP contribution in [0.3, 0.4) is 0 Å². The molecule has 142 valence electrons. The van der Waals surface area contributed by atoms with E-state index in [4.69, 9.17) is 14.2 Å². The van der Waals surface area contributed by atoms with Crippen molar-refractivity contribution in [2.45, 2.75) is 38.0 Å². The fraction of sp³-hybridized carbons (Fsp3) is 0.438. The number of carbonyl (C=O) groups is 3. The fourth-order valence-corrected chi connectivity index (χ4v) is 2.33. The normalized spacial score (nSPS) is 23.0. The van der Waals surface area contributed by atoms with Crippen molar-refractivity contribution in [1.29, 1.82) is 0 Å². The number of carbonyl (C=O) groups excluding carboxylic acids is 3. The zero-order valence-electron chi connectivity index (χ0n) is 13.6. The Morgan fingerprint density at radius 1 is 1.15 bits per heavy atom. The summed E-state index contributed by atoms with van der Waals surface area (Å²) in [5.41, 5.74) is 0.139. The molecule has 1 N–H and O–H groups in total. The van der Waals surface area contributed by atoms with Gasteiger partial charge >= 0.3 is 24.0 Å². The van der Waals surface area contributed by atoms with Crippen LogP contribution in [0.1, 0.15) is 23.7 Å². The minimum absolute atomic E-state index is 0.0632. The minimum Gasteiger partial charge on any atom is -0.450 e. The lowest BCUT2D eigenvalue weighted by Gasteiger charge is -2.36. The van der Waals surface area contributed by atoms with Gasteiger partial charge in [-0.15, -0.1) is 0 Å². The third kappa shape index (κ3) is 5.19. The van der Waals surface area contributed by atoms with Gasteiger partial charge in [0.2, 0.25) is 6.29 Å². The summed E-state index contributed by atoms with van der Waals surface area (Å²) in [5.74, 6) is -3.82. The predicted octanol–water partition coefficient (Wildman–Crippen LogP) is 1.57. The second-order valence-electron chi connectivity index (χ2n) is 5.45. The minimum atomic E-state index is -5.11. The first-order valence-electron chi connectivity index (χ1n) is 7.61. The molecule has 3 atom stereocenters. The summed E-state index contributed by atoms with van der Waals surface area (Å²) in [6, 6.07) is 6.44. The monoisotopic (exact) mass is 375 g/mol. The van der Waals surface area contributed by atoms with E-state index in [9.17, 15) is 27.6 Å². The molecule has 1 aromatic carbocycles. The fourth-order valence-electron chi connectivity index (χ4n) is 2.33. The molecule has 0 unspecified atom stereocenters. The maximum atomic E-state index is 12.5. The van der Waals surface area contributed by atoms with Gasteiger partial charge in [0.1, 0.15) is 0 Å². The Bertz CT molecular complexity index is 664. The highest BCUT2D eigenvalue weighted by Gasteiger charge is 2.45. The molecule has 7 nitrogen and oxygen atoms in total. The number of esters is 2. The number of halogens is 3. The quantitative estimate of drug-likeness (QED) is 0.804. The SMILES string of the molecule is CC(=O)O[C@@H]1OCC[C@@H](NC(=O)C(F)(F)F)[C@H]1OC(=O)c1ccccc1. The van der Waals surface area contributed by atoms with Crippen LogP contribution < -0.4 is 5.32 Å². The summed E-state index contributed by atoms with van der Waals surface area (Å²) < 4.78 is 52.8. The number of amides is 1. The number of ether oxygens (including phenoxy) is 3. The van der Waals surface area contributed by atoms with Gasteiger partial charge in [-0.25, -0.2) is 4.79 Å². The van der Waals surface area contributed by atoms with E-state index < -0.39 is 42.5 Å². The summed E-state index contributed by atoms with van der Waals surface area (Å²) >= 11 is 0. The van der Waals surface area contributed by atoms with Gasteiger partial charge in [-0.2, -0.15) is 13.2 Å². The molecular formula is C16H16F3NO6. The zero-order valence-corrected chi connectivity index (χ0v) is 13.6. The van der Waals surface area contributed by atoms with Crippen molar-refractivity contribution in [3.05, 3.63) is 35.9 Å². The van der Waals surface area contributed by atoms with E-state index in [0.29, 0.717) is 0 Å². The second kappa shape index (κ2) is 8.17. The molecule has 0 saturated carbocycles. The number of nitrogens with one attached hydrogen (secondary N) is 1. The molecule has 0 spiro atoms. The lowest BCUT2D eigenvalue weighted by atomic mass is 10.0. The van der Waals surface area contributed by atoms with Gasteiger partial charge in [0.15, 0.2) is 6.10 Å². The highest BCUT2D eigenvalue weighted by molar-refractivity contribution is 5.89. The van der Waals surface area contributed by atoms with Crippen molar-refractivity contribution in [2.75, 3.05) is 6.61 Å². The van der Waals surface area contributed by atoms with Crippen molar-refractivity contribution in [1.82, 2.24) is 5.32 Å². The summed E-state index contributed by atoms with van der Waals surface area (Å²) in [6.07, 6.45) is -8.05. The average Bonchev–Trinajstić information content (AvgIpc) is 2.57. The Kier molecular flexibility index (Phi) is 6.19. The van der Waals surface area contributed by atoms with Crippen molar-refractivity contribution < 1.29 is 41.8 Å². The second-order valence-corrected chi connectivity index (χ2v) is 5.45. The first-order valence-corrected chi connectivity index (χ1v) is 7.61. The Morgan fingerprint density at radius 3 is 2.38 bits per heavy atom. The third-order valence-electron chi connectivity index (χ3n) is 3.48. The van der Waals surface area contributed by atoms with E-state index in [1.54, 1.807) is 23.5 Å². The van der Waals surface area contributed by atoms with Crippen LogP contribution in [0.2, 0.25) is 0 Å². The van der Waals surface area contributed by atoms with Gasteiger partial charge in [-0.05, 0) is 18.6 Å². The van der Waals surface area contributed by atoms with Crippen molar-refractivity contribution in [2.24, 2.45) is 0 Å². The Balaban J connectivity index is 2.19. The standard InChI is InChI=1S/C16H16F3NO6/c1-9(21)25-14-12(26-13(22)10-5-3-2-4-6-10)11(7-8-24-14)20-15(23)16(17,18)19/h2-6,11-12,14H,7-8H2,1H3,(H,20,23)/t11-,12-,14+/m1/s1. The Hall–Kier alpha value is -2.62. The number of alkyl halides is 3. The molecular weight excluding hydrogens is 359 g/mol. The van der Waals surface area contributed by atoms with Gasteiger partial charge in [-0.1, -0.05) is 18.2 Å². The van der Waals surface area contributed by atoms with Crippen LogP contribution in [0.4, 0.5) is 13.2 Å². The van der Waals surface area contributed by atoms with Crippen molar-refractivity contribution in [3.63, 3.8) is 0 Å². The lowest BCUT2D eigenvalue weighted by Crippen LogP contribution is -2.57. The maximum Gasteiger partial charge on any atom is 0.471 e. The highest BCUT2D eigenvalue weighted by atomic mass is 19.4. The Labute approximate surface area is 146 Å². The Morgan fingerprint density at radius 2 is 1.81 bits per heavy atom. The molecule has 1 aliphatic heterocycles. The first-order chi connectivity index (χ1) is 12.2. The van der Waals surface area contributed by atoms with Gasteiger partial charge in [0.25, 0.3) is 0 Å². The lowest BCUT2D eigenvalue weighted by molar-refractivity contribution is -0.222. The largest absolute Gasteiger partial charge is 0.471 e. The van der Waals surface area contributed by atoms with Crippen LogP contribution in [0.15, 0.2) is 30.3 Å². The molecule has 1 fully saturated rings. The maximum absolute atomic E-state index is 12.5. The molecule has 10 heteroatoms. The van der Waals surface area contributed by atoms with E-state index in [1.165, 1.54) is 12.1 Å². The summed E-state index contributed by atoms with van der Waals surface area (Å²) in [4.78, 5) is 34.6. The number of benzene rings is 1. The third-order valence-corrected chi connectivity index (χ3v) is 3.48. The molecule has 1 aliphatic rings. The van der Waals surface area contributed by atoms with Crippen LogP contribution in [0.25, 0.3) is 0 Å². The summed E-state index contributed by atoms with van der Waals surface area (Å²) in [6.45, 7) is 0.970. The zero-order chi connectivity index (χ0) is 19.3. The molecule has 1 heterocycles. The van der Waals surface area contributed by atoms with E-state index in [2.05, 4.69) is 0 Å². The summed E-state index contributed by atoms with van der Waals surface area (Å²) in [5, 5.41) is 1.76. The molecule has 0 bridgehead atoms. The van der Waals surface area contributed by atoms with Gasteiger partial charge in [0.05, 0.1) is 18.2 Å². The highest BCUT2D eigenvalue weighted by Crippen LogP contribution is 2.23. The first kappa shape index (κ1) is 19.7. The van der Waals surface area contributed by atoms with Crippen LogP contribution >= 0.6 is 0 Å². The predicted molar refractivity (Wildman–Crippen MR) is 79.8 cm³/mol. The molecule has 2 rings (SSSR count). The number of rotatable bonds is 4. The van der Waals surface area contributed by atoms with Crippen LogP contribution in [0, 0.1) is 0 Å². The molecule has 1 amide bonds. The van der Waals surface area contributed by atoms with E-state index in [-0.39, 0.29) is 18.6 Å².